The highest BCUT2D eigenvalue weighted by Gasteiger charge is 2.15. The lowest BCUT2D eigenvalue weighted by atomic mass is 10.2. The number of rotatable bonds is 2. The van der Waals surface area contributed by atoms with Crippen LogP contribution >= 0.6 is 0 Å². The molecule has 0 aliphatic heterocycles. The van der Waals surface area contributed by atoms with Gasteiger partial charge in [-0.25, -0.2) is 4.39 Å². The Labute approximate surface area is 109 Å². The third-order valence-corrected chi connectivity index (χ3v) is 3.28. The molecule has 0 saturated heterocycles. The van der Waals surface area contributed by atoms with E-state index in [0.29, 0.717) is 5.82 Å². The number of aryl methyl sites for hydroxylation is 1. The molecular weight excluding hydrogens is 243 g/mol. The molecule has 0 saturated carbocycles. The fourth-order valence-corrected chi connectivity index (χ4v) is 2.31. The second-order valence-corrected chi connectivity index (χ2v) is 4.62. The normalized spacial score (nSPS) is 13.9. The van der Waals surface area contributed by atoms with Gasteiger partial charge in [-0.1, -0.05) is 18.2 Å². The third kappa shape index (κ3) is 2.47. The quantitative estimate of drug-likeness (QED) is 0.897. The van der Waals surface area contributed by atoms with Gasteiger partial charge in [-0.2, -0.15) is 4.98 Å². The van der Waals surface area contributed by atoms with Crippen LogP contribution in [0, 0.1) is 5.82 Å². The Hall–Kier alpha value is -2.23. The fourth-order valence-electron chi connectivity index (χ4n) is 2.31. The summed E-state index contributed by atoms with van der Waals surface area (Å²) in [5.74, 6) is 0.288. The third-order valence-electron chi connectivity index (χ3n) is 3.28. The highest BCUT2D eigenvalue weighted by Crippen LogP contribution is 2.16. The highest BCUT2D eigenvalue weighted by molar-refractivity contribution is 5.66. The first kappa shape index (κ1) is 11.8. The van der Waals surface area contributed by atoms with Crippen molar-refractivity contribution in [2.45, 2.75) is 19.3 Å². The van der Waals surface area contributed by atoms with Gasteiger partial charge in [0.2, 0.25) is 0 Å². The number of nitrogens with one attached hydrogen (secondary N) is 1. The number of benzene rings is 1. The SMILES string of the molecule is O=c1nc(C=Cc2ccc(F)cc2)[nH]c2c1CCC2. The zero-order valence-electron chi connectivity index (χ0n) is 10.3. The summed E-state index contributed by atoms with van der Waals surface area (Å²) in [5, 5.41) is 0. The van der Waals surface area contributed by atoms with Crippen molar-refractivity contribution in [3.8, 4) is 0 Å². The predicted octanol–water partition coefficient (Wildman–Crippen LogP) is 2.57. The van der Waals surface area contributed by atoms with Crippen molar-refractivity contribution in [3.63, 3.8) is 0 Å². The van der Waals surface area contributed by atoms with Gasteiger partial charge >= 0.3 is 0 Å². The number of aromatic amines is 1. The maximum Gasteiger partial charge on any atom is 0.276 e. The topological polar surface area (TPSA) is 45.8 Å². The van der Waals surface area contributed by atoms with Gasteiger partial charge in [-0.15, -0.1) is 0 Å². The van der Waals surface area contributed by atoms with Crippen LogP contribution in [0.25, 0.3) is 12.2 Å². The molecule has 3 rings (SSSR count). The number of fused-ring (bicyclic) bond motifs is 1. The molecule has 0 amide bonds. The molecule has 0 atom stereocenters. The van der Waals surface area contributed by atoms with Crippen LogP contribution in [0.1, 0.15) is 29.1 Å². The van der Waals surface area contributed by atoms with Crippen molar-refractivity contribution in [1.29, 1.82) is 0 Å². The van der Waals surface area contributed by atoms with E-state index in [2.05, 4.69) is 9.97 Å². The summed E-state index contributed by atoms with van der Waals surface area (Å²) in [6, 6.07) is 6.16. The van der Waals surface area contributed by atoms with Gasteiger partial charge in [0.15, 0.2) is 0 Å². The summed E-state index contributed by atoms with van der Waals surface area (Å²) >= 11 is 0. The second-order valence-electron chi connectivity index (χ2n) is 4.62. The standard InChI is InChI=1S/C15H13FN2O/c16-11-7-4-10(5-8-11)6-9-14-17-13-3-1-2-12(13)15(19)18-14/h4-9H,1-3H2,(H,17,18,19). The van der Waals surface area contributed by atoms with Crippen LogP contribution < -0.4 is 5.56 Å². The molecule has 1 aliphatic carbocycles. The first-order chi connectivity index (χ1) is 9.22. The fraction of sp³-hybridized carbons (Fsp3) is 0.200. The molecular formula is C15H13FN2O. The van der Waals surface area contributed by atoms with Crippen molar-refractivity contribution in [1.82, 2.24) is 9.97 Å². The molecule has 1 N–H and O–H groups in total. The molecule has 96 valence electrons. The molecule has 0 unspecified atom stereocenters. The molecule has 0 radical (unpaired) electrons. The molecule has 1 heterocycles. The molecule has 0 fully saturated rings. The van der Waals surface area contributed by atoms with Crippen LogP contribution in [0.3, 0.4) is 0 Å². The Balaban J connectivity index is 1.89. The Morgan fingerprint density at radius 2 is 1.95 bits per heavy atom. The largest absolute Gasteiger partial charge is 0.343 e. The van der Waals surface area contributed by atoms with E-state index < -0.39 is 0 Å². The molecule has 19 heavy (non-hydrogen) atoms. The van der Waals surface area contributed by atoms with Crippen LogP contribution in [0.15, 0.2) is 29.1 Å². The smallest absolute Gasteiger partial charge is 0.276 e. The molecule has 2 aromatic rings. The van der Waals surface area contributed by atoms with Crippen molar-refractivity contribution in [2.75, 3.05) is 0 Å². The summed E-state index contributed by atoms with van der Waals surface area (Å²) in [6.07, 6.45) is 6.28. The van der Waals surface area contributed by atoms with Crippen LogP contribution in [-0.4, -0.2) is 9.97 Å². The monoisotopic (exact) mass is 256 g/mol. The van der Waals surface area contributed by atoms with Crippen LogP contribution in [0.2, 0.25) is 0 Å². The van der Waals surface area contributed by atoms with E-state index in [0.717, 1.165) is 36.1 Å². The number of H-pyrrole nitrogens is 1. The van der Waals surface area contributed by atoms with E-state index >= 15 is 0 Å². The Bertz CT molecular complexity index is 686. The lowest BCUT2D eigenvalue weighted by molar-refractivity contribution is 0.628. The molecule has 1 aliphatic rings. The van der Waals surface area contributed by atoms with Gasteiger partial charge < -0.3 is 4.98 Å². The first-order valence-electron chi connectivity index (χ1n) is 6.28. The summed E-state index contributed by atoms with van der Waals surface area (Å²) in [4.78, 5) is 19.0. The lowest BCUT2D eigenvalue weighted by Crippen LogP contribution is -2.15. The number of nitrogens with zero attached hydrogens (tertiary/aromatic N) is 1. The van der Waals surface area contributed by atoms with E-state index in [4.69, 9.17) is 0 Å². The van der Waals surface area contributed by atoms with Crippen molar-refractivity contribution in [2.24, 2.45) is 0 Å². The molecule has 1 aromatic heterocycles. The molecule has 1 aromatic carbocycles. The second kappa shape index (κ2) is 4.80. The number of hydrogen-bond donors (Lipinski definition) is 1. The van der Waals surface area contributed by atoms with Crippen LogP contribution in [-0.2, 0) is 12.8 Å². The summed E-state index contributed by atoms with van der Waals surface area (Å²) in [7, 11) is 0. The number of hydrogen-bond acceptors (Lipinski definition) is 2. The van der Waals surface area contributed by atoms with Crippen molar-refractivity contribution >= 4 is 12.2 Å². The van der Waals surface area contributed by atoms with Crippen molar-refractivity contribution in [3.05, 3.63) is 63.1 Å². The average Bonchev–Trinajstić information content (AvgIpc) is 2.87. The van der Waals surface area contributed by atoms with Gasteiger partial charge in [0.25, 0.3) is 5.56 Å². The van der Waals surface area contributed by atoms with Gasteiger partial charge in [-0.3, -0.25) is 4.79 Å². The number of halogens is 1. The van der Waals surface area contributed by atoms with E-state index in [1.54, 1.807) is 24.3 Å². The zero-order chi connectivity index (χ0) is 13.2. The summed E-state index contributed by atoms with van der Waals surface area (Å²) in [5.41, 5.74) is 2.55. The van der Waals surface area contributed by atoms with Gasteiger partial charge in [0.1, 0.15) is 11.6 Å². The summed E-state index contributed by atoms with van der Waals surface area (Å²) < 4.78 is 12.8. The van der Waals surface area contributed by atoms with E-state index in [1.165, 1.54) is 12.1 Å². The minimum atomic E-state index is -0.263. The maximum atomic E-state index is 12.8. The Morgan fingerprint density at radius 1 is 1.16 bits per heavy atom. The number of aromatic nitrogens is 2. The van der Waals surface area contributed by atoms with Crippen LogP contribution in [0.5, 0.6) is 0 Å². The zero-order valence-corrected chi connectivity index (χ0v) is 10.3. The molecule has 3 nitrogen and oxygen atoms in total. The average molecular weight is 256 g/mol. The highest BCUT2D eigenvalue weighted by atomic mass is 19.1. The van der Waals surface area contributed by atoms with Gasteiger partial charge in [-0.05, 0) is 43.0 Å². The van der Waals surface area contributed by atoms with E-state index in [9.17, 15) is 9.18 Å². The Morgan fingerprint density at radius 3 is 2.74 bits per heavy atom. The molecule has 4 heteroatoms. The Kier molecular flexibility index (Phi) is 2.99. The van der Waals surface area contributed by atoms with E-state index in [-0.39, 0.29) is 11.4 Å². The van der Waals surface area contributed by atoms with E-state index in [1.807, 2.05) is 0 Å². The first-order valence-corrected chi connectivity index (χ1v) is 6.28. The minimum Gasteiger partial charge on any atom is -0.343 e. The maximum absolute atomic E-state index is 12.8. The summed E-state index contributed by atoms with van der Waals surface area (Å²) in [6.45, 7) is 0. The van der Waals surface area contributed by atoms with Crippen LogP contribution in [0.4, 0.5) is 4.39 Å². The predicted molar refractivity (Wildman–Crippen MR) is 72.2 cm³/mol. The van der Waals surface area contributed by atoms with Gasteiger partial charge in [0.05, 0.1) is 0 Å². The van der Waals surface area contributed by atoms with Gasteiger partial charge in [0, 0.05) is 11.3 Å². The lowest BCUT2D eigenvalue weighted by Gasteiger charge is -2.00. The van der Waals surface area contributed by atoms with Crippen molar-refractivity contribution < 1.29 is 4.39 Å². The molecule has 0 spiro atoms. The molecule has 0 bridgehead atoms. The minimum absolute atomic E-state index is 0.134.